The summed E-state index contributed by atoms with van der Waals surface area (Å²) in [7, 11) is 3.73. The van der Waals surface area contributed by atoms with Crippen LogP contribution >= 0.6 is 0 Å². The number of rotatable bonds is 2. The molecular weight excluding hydrogens is 324 g/mol. The summed E-state index contributed by atoms with van der Waals surface area (Å²) in [6.45, 7) is 7.27. The van der Waals surface area contributed by atoms with E-state index in [2.05, 4.69) is 32.9 Å². The van der Waals surface area contributed by atoms with Crippen LogP contribution in [0.25, 0.3) is 0 Å². The average Bonchev–Trinajstić information content (AvgIpc) is 3.20. The second-order valence-corrected chi connectivity index (χ2v) is 9.91. The van der Waals surface area contributed by atoms with Gasteiger partial charge in [0.1, 0.15) is 5.60 Å². The van der Waals surface area contributed by atoms with Crippen molar-refractivity contribution >= 4 is 0 Å². The minimum Gasteiger partial charge on any atom is -0.381 e. The lowest BCUT2D eigenvalue weighted by Gasteiger charge is -2.56. The molecule has 4 fully saturated rings. The number of fused-ring (bicyclic) bond motifs is 6. The normalized spacial score (nSPS) is 54.9. The summed E-state index contributed by atoms with van der Waals surface area (Å²) in [6, 6.07) is 0. The third-order valence-corrected chi connectivity index (χ3v) is 9.39. The number of epoxide rings is 1. The summed E-state index contributed by atoms with van der Waals surface area (Å²) in [5, 5.41) is 0. The molecule has 1 saturated heterocycles. The molecule has 1 aliphatic heterocycles. The Morgan fingerprint density at radius 1 is 1.04 bits per heavy atom. The van der Waals surface area contributed by atoms with Crippen LogP contribution in [-0.4, -0.2) is 38.1 Å². The van der Waals surface area contributed by atoms with Crippen LogP contribution in [0, 0.1) is 22.7 Å². The maximum Gasteiger partial charge on any atom is 0.100 e. The van der Waals surface area contributed by atoms with Gasteiger partial charge in [-0.2, -0.15) is 0 Å². The number of hydrogen-bond acceptors (Lipinski definition) is 3. The third kappa shape index (κ3) is 1.90. The summed E-state index contributed by atoms with van der Waals surface area (Å²) in [5.41, 5.74) is 3.86. The lowest BCUT2D eigenvalue weighted by Crippen LogP contribution is -2.53. The minimum absolute atomic E-state index is 0.126. The SMILES string of the molecule is COC1CC2=CC=C3C(CCC4(C)C3CCC43OC3C)C2(C)C(OC)C1. The molecule has 5 aliphatic rings. The summed E-state index contributed by atoms with van der Waals surface area (Å²) in [6.07, 6.45) is 13.1. The quantitative estimate of drug-likeness (QED) is 0.672. The molecule has 1 spiro atoms. The van der Waals surface area contributed by atoms with Gasteiger partial charge in [-0.1, -0.05) is 37.1 Å². The number of hydrogen-bond donors (Lipinski definition) is 0. The fourth-order valence-corrected chi connectivity index (χ4v) is 7.70. The zero-order chi connectivity index (χ0) is 18.3. The first-order chi connectivity index (χ1) is 12.4. The van der Waals surface area contributed by atoms with Crippen LogP contribution in [0.15, 0.2) is 23.3 Å². The van der Waals surface area contributed by atoms with Crippen molar-refractivity contribution < 1.29 is 14.2 Å². The van der Waals surface area contributed by atoms with Gasteiger partial charge >= 0.3 is 0 Å². The van der Waals surface area contributed by atoms with E-state index >= 15 is 0 Å². The van der Waals surface area contributed by atoms with Crippen molar-refractivity contribution in [1.29, 1.82) is 0 Å². The lowest BCUT2D eigenvalue weighted by atomic mass is 9.49. The van der Waals surface area contributed by atoms with Crippen molar-refractivity contribution in [3.8, 4) is 0 Å². The Morgan fingerprint density at radius 3 is 2.42 bits per heavy atom. The molecule has 0 N–H and O–H groups in total. The molecule has 3 heteroatoms. The Balaban J connectivity index is 1.54. The Morgan fingerprint density at radius 2 is 1.77 bits per heavy atom. The van der Waals surface area contributed by atoms with Crippen molar-refractivity contribution in [3.63, 3.8) is 0 Å². The molecule has 0 aromatic rings. The van der Waals surface area contributed by atoms with Gasteiger partial charge in [-0.25, -0.2) is 0 Å². The van der Waals surface area contributed by atoms with Gasteiger partial charge in [0.25, 0.3) is 0 Å². The topological polar surface area (TPSA) is 31.0 Å². The molecule has 0 aromatic carbocycles. The number of allylic oxidation sites excluding steroid dienone is 3. The van der Waals surface area contributed by atoms with Gasteiger partial charge in [0.05, 0.1) is 18.3 Å². The van der Waals surface area contributed by atoms with Crippen LogP contribution in [0.2, 0.25) is 0 Å². The summed E-state index contributed by atoms with van der Waals surface area (Å²) < 4.78 is 18.0. The Hall–Kier alpha value is -0.640. The van der Waals surface area contributed by atoms with E-state index in [1.54, 1.807) is 11.1 Å². The van der Waals surface area contributed by atoms with Crippen molar-refractivity contribution in [2.75, 3.05) is 14.2 Å². The molecule has 5 rings (SSSR count). The van der Waals surface area contributed by atoms with Gasteiger partial charge in [0, 0.05) is 31.5 Å². The van der Waals surface area contributed by atoms with Crippen LogP contribution in [0.3, 0.4) is 0 Å². The summed E-state index contributed by atoms with van der Waals surface area (Å²) in [5.74, 6) is 1.30. The second-order valence-electron chi connectivity index (χ2n) is 9.91. The first kappa shape index (κ1) is 17.5. The van der Waals surface area contributed by atoms with Gasteiger partial charge in [0.15, 0.2) is 0 Å². The van der Waals surface area contributed by atoms with Crippen LogP contribution in [0.1, 0.15) is 59.3 Å². The third-order valence-electron chi connectivity index (χ3n) is 9.39. The summed E-state index contributed by atoms with van der Waals surface area (Å²) in [4.78, 5) is 0. The van der Waals surface area contributed by atoms with E-state index in [1.807, 2.05) is 14.2 Å². The molecule has 0 amide bonds. The Labute approximate surface area is 158 Å². The van der Waals surface area contributed by atoms with E-state index in [0.717, 1.165) is 12.8 Å². The molecule has 0 bridgehead atoms. The molecule has 4 aliphatic carbocycles. The van der Waals surface area contributed by atoms with Gasteiger partial charge < -0.3 is 14.2 Å². The molecule has 144 valence electrons. The largest absolute Gasteiger partial charge is 0.381 e. The molecular formula is C23H34O3. The fraction of sp³-hybridized carbons (Fsp3) is 0.826. The zero-order valence-corrected chi connectivity index (χ0v) is 17.0. The van der Waals surface area contributed by atoms with Gasteiger partial charge in [-0.15, -0.1) is 0 Å². The molecule has 3 saturated carbocycles. The fourth-order valence-electron chi connectivity index (χ4n) is 7.70. The van der Waals surface area contributed by atoms with E-state index in [1.165, 1.54) is 25.7 Å². The van der Waals surface area contributed by atoms with E-state index in [-0.39, 0.29) is 17.1 Å². The van der Waals surface area contributed by atoms with Crippen LogP contribution in [-0.2, 0) is 14.2 Å². The van der Waals surface area contributed by atoms with Gasteiger partial charge in [-0.05, 0) is 50.9 Å². The highest BCUT2D eigenvalue weighted by molar-refractivity contribution is 5.41. The van der Waals surface area contributed by atoms with Gasteiger partial charge in [0.2, 0.25) is 0 Å². The first-order valence-corrected chi connectivity index (χ1v) is 10.5. The highest BCUT2D eigenvalue weighted by Crippen LogP contribution is 2.71. The second kappa shape index (κ2) is 5.46. The highest BCUT2D eigenvalue weighted by atomic mass is 16.6. The van der Waals surface area contributed by atoms with Crippen LogP contribution < -0.4 is 0 Å². The maximum atomic E-state index is 6.24. The molecule has 0 radical (unpaired) electrons. The van der Waals surface area contributed by atoms with Crippen LogP contribution in [0.4, 0.5) is 0 Å². The lowest BCUT2D eigenvalue weighted by molar-refractivity contribution is -0.0823. The smallest absolute Gasteiger partial charge is 0.100 e. The van der Waals surface area contributed by atoms with E-state index in [9.17, 15) is 0 Å². The molecule has 26 heavy (non-hydrogen) atoms. The monoisotopic (exact) mass is 358 g/mol. The maximum absolute atomic E-state index is 6.24. The predicted molar refractivity (Wildman–Crippen MR) is 102 cm³/mol. The molecule has 8 unspecified atom stereocenters. The van der Waals surface area contributed by atoms with E-state index in [0.29, 0.717) is 29.5 Å². The number of ether oxygens (including phenoxy) is 3. The van der Waals surface area contributed by atoms with E-state index in [4.69, 9.17) is 14.2 Å². The van der Waals surface area contributed by atoms with Crippen molar-refractivity contribution in [2.45, 2.75) is 83.2 Å². The van der Waals surface area contributed by atoms with Crippen LogP contribution in [0.5, 0.6) is 0 Å². The Bertz CT molecular complexity index is 681. The molecule has 0 aromatic heterocycles. The average molecular weight is 359 g/mol. The molecule has 1 heterocycles. The number of methoxy groups -OCH3 is 2. The first-order valence-electron chi connectivity index (χ1n) is 10.5. The summed E-state index contributed by atoms with van der Waals surface area (Å²) >= 11 is 0. The molecule has 3 nitrogen and oxygen atoms in total. The van der Waals surface area contributed by atoms with Crippen molar-refractivity contribution in [2.24, 2.45) is 22.7 Å². The minimum atomic E-state index is 0.126. The highest BCUT2D eigenvalue weighted by Gasteiger charge is 2.72. The van der Waals surface area contributed by atoms with Gasteiger partial charge in [-0.3, -0.25) is 0 Å². The zero-order valence-electron chi connectivity index (χ0n) is 17.0. The standard InChI is InChI=1S/C23H34O3/c1-14-23(26-14)11-9-18-17-7-6-15-12-16(24-4)13-20(25-5)22(15,3)19(17)8-10-21(18,23)2/h6-7,14,16,18-20H,8-13H2,1-5H3. The Kier molecular flexibility index (Phi) is 3.66. The van der Waals surface area contributed by atoms with Crippen molar-refractivity contribution in [1.82, 2.24) is 0 Å². The molecule has 8 atom stereocenters. The van der Waals surface area contributed by atoms with E-state index < -0.39 is 0 Å². The van der Waals surface area contributed by atoms with Crippen molar-refractivity contribution in [3.05, 3.63) is 23.3 Å². The predicted octanol–water partition coefficient (Wildman–Crippen LogP) is 4.67.